The molecule has 2 atom stereocenters. The third-order valence-corrected chi connectivity index (χ3v) is 6.81. The van der Waals surface area contributed by atoms with Gasteiger partial charge < -0.3 is 5.32 Å². The highest BCUT2D eigenvalue weighted by atomic mass is 32.2. The van der Waals surface area contributed by atoms with Crippen LogP contribution in [0.15, 0.2) is 60.0 Å². The summed E-state index contributed by atoms with van der Waals surface area (Å²) < 4.78 is 2.16. The Labute approximate surface area is 197 Å². The maximum absolute atomic E-state index is 12.4. The lowest BCUT2D eigenvalue weighted by Gasteiger charge is -2.31. The second-order valence-corrected chi connectivity index (χ2v) is 9.19. The highest BCUT2D eigenvalue weighted by molar-refractivity contribution is 7.99. The van der Waals surface area contributed by atoms with Gasteiger partial charge in [-0.05, 0) is 36.5 Å². The van der Waals surface area contributed by atoms with Crippen LogP contribution in [0.25, 0.3) is 11.4 Å². The van der Waals surface area contributed by atoms with E-state index in [-0.39, 0.29) is 17.7 Å². The predicted molar refractivity (Wildman–Crippen MR) is 127 cm³/mol. The van der Waals surface area contributed by atoms with E-state index in [4.69, 9.17) is 0 Å². The number of aromatic nitrogens is 4. The van der Waals surface area contributed by atoms with Gasteiger partial charge in [0.15, 0.2) is 11.0 Å². The van der Waals surface area contributed by atoms with Gasteiger partial charge in [-0.25, -0.2) is 4.79 Å². The lowest BCUT2D eigenvalue weighted by atomic mass is 9.85. The monoisotopic (exact) mass is 464 g/mol. The number of imide groups is 1. The van der Waals surface area contributed by atoms with Crippen molar-refractivity contribution in [3.05, 3.63) is 60.4 Å². The number of thioether (sulfide) groups is 1. The zero-order chi connectivity index (χ0) is 23.0. The highest BCUT2D eigenvalue weighted by Crippen LogP contribution is 2.38. The minimum atomic E-state index is -0.511. The van der Waals surface area contributed by atoms with Crippen LogP contribution in [0.2, 0.25) is 0 Å². The molecule has 1 aliphatic rings. The molecule has 1 aliphatic carbocycles. The van der Waals surface area contributed by atoms with E-state index < -0.39 is 6.03 Å². The highest BCUT2D eigenvalue weighted by Gasteiger charge is 2.29. The fraction of sp³-hybridized carbons (Fsp3) is 0.375. The van der Waals surface area contributed by atoms with E-state index in [0.717, 1.165) is 36.2 Å². The van der Waals surface area contributed by atoms with E-state index in [0.29, 0.717) is 17.6 Å². The largest absolute Gasteiger partial charge is 0.334 e. The molecule has 8 nitrogen and oxygen atoms in total. The number of rotatable bonds is 7. The van der Waals surface area contributed by atoms with Crippen molar-refractivity contribution in [1.29, 1.82) is 0 Å². The first-order valence-corrected chi connectivity index (χ1v) is 12.2. The summed E-state index contributed by atoms with van der Waals surface area (Å²) in [6.45, 7) is 2.62. The molecule has 0 bridgehead atoms. The standard InChI is InChI=1S/C24H28N6O2S/c1-17-8-5-6-12-20(17)30-22(19-11-7-13-25-15-19)28-29-24(30)33-16-21(31)27-23(32)26-14-18-9-3-2-4-10-18/h2-4,7,9-11,13,15,17,20H,5-6,8,12,14,16H2,1H3,(H2,26,27,31,32)/t17-,20-/m1/s1. The molecule has 1 fully saturated rings. The van der Waals surface area contributed by atoms with Crippen LogP contribution in [0.5, 0.6) is 0 Å². The number of nitrogens with zero attached hydrogens (tertiary/aromatic N) is 4. The van der Waals surface area contributed by atoms with Crippen molar-refractivity contribution in [2.24, 2.45) is 5.92 Å². The molecular weight excluding hydrogens is 436 g/mol. The summed E-state index contributed by atoms with van der Waals surface area (Å²) in [5.41, 5.74) is 1.87. The van der Waals surface area contributed by atoms with Crippen molar-refractivity contribution in [3.63, 3.8) is 0 Å². The van der Waals surface area contributed by atoms with E-state index >= 15 is 0 Å². The average Bonchev–Trinajstić information content (AvgIpc) is 3.27. The second kappa shape index (κ2) is 11.1. The van der Waals surface area contributed by atoms with Crippen LogP contribution in [0.3, 0.4) is 0 Å². The molecule has 0 radical (unpaired) electrons. The molecule has 0 saturated heterocycles. The molecule has 0 unspecified atom stereocenters. The van der Waals surface area contributed by atoms with Gasteiger partial charge in [0.2, 0.25) is 5.91 Å². The number of amides is 3. The Morgan fingerprint density at radius 1 is 1.09 bits per heavy atom. The maximum Gasteiger partial charge on any atom is 0.321 e. The van der Waals surface area contributed by atoms with Crippen molar-refractivity contribution in [2.75, 3.05) is 5.75 Å². The van der Waals surface area contributed by atoms with E-state index in [9.17, 15) is 9.59 Å². The Morgan fingerprint density at radius 2 is 1.91 bits per heavy atom. The molecule has 3 amide bonds. The zero-order valence-electron chi connectivity index (χ0n) is 18.6. The molecule has 3 aromatic rings. The molecule has 1 saturated carbocycles. The molecular formula is C24H28N6O2S. The Balaban J connectivity index is 1.41. The smallest absolute Gasteiger partial charge is 0.321 e. The fourth-order valence-corrected chi connectivity index (χ4v) is 4.95. The zero-order valence-corrected chi connectivity index (χ0v) is 19.4. The van der Waals surface area contributed by atoms with Gasteiger partial charge in [0.05, 0.1) is 5.75 Å². The average molecular weight is 465 g/mol. The molecule has 2 heterocycles. The van der Waals surface area contributed by atoms with Crippen LogP contribution in [0, 0.1) is 5.92 Å². The summed E-state index contributed by atoms with van der Waals surface area (Å²) >= 11 is 1.30. The van der Waals surface area contributed by atoms with Crippen LogP contribution < -0.4 is 10.6 Å². The predicted octanol–water partition coefficient (Wildman–Crippen LogP) is 4.21. The van der Waals surface area contributed by atoms with E-state index in [1.54, 1.807) is 12.4 Å². The van der Waals surface area contributed by atoms with Gasteiger partial charge in [-0.3, -0.25) is 19.7 Å². The van der Waals surface area contributed by atoms with Crippen molar-refractivity contribution in [3.8, 4) is 11.4 Å². The molecule has 0 spiro atoms. The van der Waals surface area contributed by atoms with Crippen molar-refractivity contribution in [2.45, 2.75) is 50.4 Å². The number of hydrogen-bond acceptors (Lipinski definition) is 6. The van der Waals surface area contributed by atoms with E-state index in [2.05, 4.69) is 37.3 Å². The SMILES string of the molecule is C[C@@H]1CCCC[C@H]1n1c(SCC(=O)NC(=O)NCc2ccccc2)nnc1-c1cccnc1. The van der Waals surface area contributed by atoms with Crippen LogP contribution in [0.1, 0.15) is 44.2 Å². The van der Waals surface area contributed by atoms with Crippen molar-refractivity contribution < 1.29 is 9.59 Å². The lowest BCUT2D eigenvalue weighted by molar-refractivity contribution is -0.117. The summed E-state index contributed by atoms with van der Waals surface area (Å²) in [7, 11) is 0. The maximum atomic E-state index is 12.4. The van der Waals surface area contributed by atoms with Gasteiger partial charge >= 0.3 is 6.03 Å². The minimum absolute atomic E-state index is 0.0744. The molecule has 2 N–H and O–H groups in total. The number of carbonyl (C=O) groups is 2. The summed E-state index contributed by atoms with van der Waals surface area (Å²) in [5, 5.41) is 14.6. The van der Waals surface area contributed by atoms with Crippen LogP contribution in [0.4, 0.5) is 4.79 Å². The van der Waals surface area contributed by atoms with Crippen LogP contribution in [-0.2, 0) is 11.3 Å². The molecule has 172 valence electrons. The first kappa shape index (κ1) is 23.0. The second-order valence-electron chi connectivity index (χ2n) is 8.25. The third-order valence-electron chi connectivity index (χ3n) is 5.86. The van der Waals surface area contributed by atoms with Crippen LogP contribution >= 0.6 is 11.8 Å². The molecule has 2 aromatic heterocycles. The summed E-state index contributed by atoms with van der Waals surface area (Å²) in [4.78, 5) is 28.7. The minimum Gasteiger partial charge on any atom is -0.334 e. The van der Waals surface area contributed by atoms with Gasteiger partial charge in [0.1, 0.15) is 0 Å². The molecule has 1 aromatic carbocycles. The normalized spacial score (nSPS) is 18.0. The number of nitrogens with one attached hydrogen (secondary N) is 2. The summed E-state index contributed by atoms with van der Waals surface area (Å²) in [5.74, 6) is 0.956. The fourth-order valence-electron chi connectivity index (χ4n) is 4.16. The Morgan fingerprint density at radius 3 is 2.67 bits per heavy atom. The van der Waals surface area contributed by atoms with Crippen molar-refractivity contribution >= 4 is 23.7 Å². The van der Waals surface area contributed by atoms with Gasteiger partial charge in [0.25, 0.3) is 0 Å². The Hall–Kier alpha value is -3.20. The van der Waals surface area contributed by atoms with Gasteiger partial charge in [-0.15, -0.1) is 10.2 Å². The van der Waals surface area contributed by atoms with Gasteiger partial charge in [-0.2, -0.15) is 0 Å². The third kappa shape index (κ3) is 5.98. The topological polar surface area (TPSA) is 102 Å². The first-order valence-electron chi connectivity index (χ1n) is 11.2. The molecule has 0 aliphatic heterocycles. The Kier molecular flexibility index (Phi) is 7.72. The van der Waals surface area contributed by atoms with E-state index in [1.807, 2.05) is 42.5 Å². The number of urea groups is 1. The van der Waals surface area contributed by atoms with E-state index in [1.165, 1.54) is 18.2 Å². The molecule has 9 heteroatoms. The summed E-state index contributed by atoms with van der Waals surface area (Å²) in [6, 6.07) is 13.2. The van der Waals surface area contributed by atoms with Gasteiger partial charge in [-0.1, -0.05) is 61.9 Å². The number of benzene rings is 1. The molecule has 33 heavy (non-hydrogen) atoms. The Bertz CT molecular complexity index is 1070. The first-order chi connectivity index (χ1) is 16.1. The van der Waals surface area contributed by atoms with Gasteiger partial charge in [0, 0.05) is 30.5 Å². The van der Waals surface area contributed by atoms with Crippen LogP contribution in [-0.4, -0.2) is 37.4 Å². The van der Waals surface area contributed by atoms with Crippen molar-refractivity contribution in [1.82, 2.24) is 30.4 Å². The quantitative estimate of drug-likeness (QED) is 0.508. The molecule has 4 rings (SSSR count). The number of hydrogen-bond donors (Lipinski definition) is 2. The lowest BCUT2D eigenvalue weighted by Crippen LogP contribution is -2.40. The number of carbonyl (C=O) groups excluding carboxylic acids is 2. The summed E-state index contributed by atoms with van der Waals surface area (Å²) in [6.07, 6.45) is 8.11. The number of pyridine rings is 1.